The maximum absolute atomic E-state index is 7.13. The second kappa shape index (κ2) is 13.9. The maximum Gasteiger partial charge on any atom is 0.161 e. The van der Waals surface area contributed by atoms with Crippen LogP contribution in [0.5, 0.6) is 0 Å². The van der Waals surface area contributed by atoms with Crippen molar-refractivity contribution in [3.63, 3.8) is 0 Å². The monoisotopic (exact) mass is 704 g/mol. The molecule has 10 rings (SSSR count). The standard InChI is InChI=1S/C52H36N2O/c1-5-17-37(18-6-1)38-29-31-44(32-30-38)53(42-23-9-3-10-24-42)48-33-34-49(52-51(48)46-35-40-21-13-14-22-41(40)36-50(46)55-52)54(43-25-11-4-12-26-43)47-28-16-15-27-45(47)39-19-7-2-8-20-39/h1-36H. The van der Waals surface area contributed by atoms with E-state index in [1.165, 1.54) is 16.5 Å². The number of anilines is 6. The Morgan fingerprint density at radius 3 is 1.49 bits per heavy atom. The largest absolute Gasteiger partial charge is 0.454 e. The Bertz CT molecular complexity index is 2900. The normalized spacial score (nSPS) is 11.3. The molecule has 0 atom stereocenters. The number of benzene rings is 9. The van der Waals surface area contributed by atoms with Crippen LogP contribution in [0.15, 0.2) is 223 Å². The summed E-state index contributed by atoms with van der Waals surface area (Å²) in [6, 6.07) is 77.4. The molecule has 0 aliphatic rings. The van der Waals surface area contributed by atoms with E-state index in [4.69, 9.17) is 4.42 Å². The van der Waals surface area contributed by atoms with Crippen LogP contribution in [0.1, 0.15) is 0 Å². The van der Waals surface area contributed by atoms with Gasteiger partial charge in [-0.2, -0.15) is 0 Å². The topological polar surface area (TPSA) is 19.6 Å². The van der Waals surface area contributed by atoms with E-state index in [-0.39, 0.29) is 0 Å². The molecular formula is C52H36N2O. The van der Waals surface area contributed by atoms with E-state index in [1.54, 1.807) is 0 Å². The molecule has 260 valence electrons. The van der Waals surface area contributed by atoms with E-state index in [9.17, 15) is 0 Å². The quantitative estimate of drug-likeness (QED) is 0.157. The highest BCUT2D eigenvalue weighted by Gasteiger charge is 2.26. The minimum Gasteiger partial charge on any atom is -0.454 e. The third kappa shape index (κ3) is 5.89. The Morgan fingerprint density at radius 2 is 0.818 bits per heavy atom. The first-order chi connectivity index (χ1) is 27.3. The fourth-order valence-electron chi connectivity index (χ4n) is 7.85. The molecular weight excluding hydrogens is 669 g/mol. The summed E-state index contributed by atoms with van der Waals surface area (Å²) in [5.41, 5.74) is 12.5. The van der Waals surface area contributed by atoms with Crippen LogP contribution in [0.3, 0.4) is 0 Å². The lowest BCUT2D eigenvalue weighted by molar-refractivity contribution is 0.669. The molecule has 1 heterocycles. The zero-order valence-electron chi connectivity index (χ0n) is 30.1. The number of nitrogens with zero attached hydrogens (tertiary/aromatic N) is 2. The summed E-state index contributed by atoms with van der Waals surface area (Å²) in [6.07, 6.45) is 0. The molecule has 0 aliphatic carbocycles. The van der Waals surface area contributed by atoms with E-state index in [2.05, 4.69) is 228 Å². The lowest BCUT2D eigenvalue weighted by Gasteiger charge is -2.30. The molecule has 0 aliphatic heterocycles. The summed E-state index contributed by atoms with van der Waals surface area (Å²) >= 11 is 0. The number of fused-ring (bicyclic) bond motifs is 4. The average Bonchev–Trinajstić information content (AvgIpc) is 3.64. The van der Waals surface area contributed by atoms with Gasteiger partial charge in [0.15, 0.2) is 5.58 Å². The van der Waals surface area contributed by atoms with Crippen molar-refractivity contribution >= 4 is 66.8 Å². The number of hydrogen-bond acceptors (Lipinski definition) is 3. The maximum atomic E-state index is 7.13. The van der Waals surface area contributed by atoms with Crippen LogP contribution < -0.4 is 9.80 Å². The Morgan fingerprint density at radius 1 is 0.327 bits per heavy atom. The SMILES string of the molecule is c1ccc(-c2ccc(N(c3ccccc3)c3ccc(N(c4ccccc4)c4ccccc4-c4ccccc4)c4oc5cc6ccccc6cc5c34)cc2)cc1. The molecule has 55 heavy (non-hydrogen) atoms. The minimum atomic E-state index is 0.816. The average molecular weight is 705 g/mol. The summed E-state index contributed by atoms with van der Waals surface area (Å²) in [6.45, 7) is 0. The van der Waals surface area contributed by atoms with Crippen molar-refractivity contribution < 1.29 is 4.42 Å². The highest BCUT2D eigenvalue weighted by Crippen LogP contribution is 2.50. The van der Waals surface area contributed by atoms with E-state index in [0.717, 1.165) is 72.6 Å². The molecule has 3 nitrogen and oxygen atoms in total. The van der Waals surface area contributed by atoms with Crippen LogP contribution in [-0.4, -0.2) is 0 Å². The first-order valence-electron chi connectivity index (χ1n) is 18.7. The van der Waals surface area contributed by atoms with Gasteiger partial charge in [0.2, 0.25) is 0 Å². The highest BCUT2D eigenvalue weighted by atomic mass is 16.3. The summed E-state index contributed by atoms with van der Waals surface area (Å²) < 4.78 is 7.13. The minimum absolute atomic E-state index is 0.816. The van der Waals surface area contributed by atoms with Gasteiger partial charge >= 0.3 is 0 Å². The Kier molecular flexibility index (Phi) is 8.16. The second-order valence-corrected chi connectivity index (χ2v) is 13.7. The van der Waals surface area contributed by atoms with Crippen LogP contribution >= 0.6 is 0 Å². The molecule has 10 aromatic rings. The molecule has 0 radical (unpaired) electrons. The summed E-state index contributed by atoms with van der Waals surface area (Å²) in [5, 5.41) is 4.42. The van der Waals surface area contributed by atoms with Gasteiger partial charge in [0, 0.05) is 28.0 Å². The van der Waals surface area contributed by atoms with Crippen molar-refractivity contribution in [1.29, 1.82) is 0 Å². The predicted octanol–water partition coefficient (Wildman–Crippen LogP) is 15.0. The third-order valence-electron chi connectivity index (χ3n) is 10.4. The molecule has 0 amide bonds. The smallest absolute Gasteiger partial charge is 0.161 e. The molecule has 3 heteroatoms. The molecule has 0 unspecified atom stereocenters. The third-order valence-corrected chi connectivity index (χ3v) is 10.4. The van der Waals surface area contributed by atoms with E-state index in [0.29, 0.717) is 0 Å². The van der Waals surface area contributed by atoms with Gasteiger partial charge in [-0.1, -0.05) is 152 Å². The van der Waals surface area contributed by atoms with Gasteiger partial charge < -0.3 is 14.2 Å². The van der Waals surface area contributed by atoms with Gasteiger partial charge in [0.25, 0.3) is 0 Å². The molecule has 0 saturated carbocycles. The lowest BCUT2D eigenvalue weighted by atomic mass is 10.0. The Balaban J connectivity index is 1.26. The molecule has 0 N–H and O–H groups in total. The lowest BCUT2D eigenvalue weighted by Crippen LogP contribution is -2.13. The number of para-hydroxylation sites is 3. The van der Waals surface area contributed by atoms with Crippen LogP contribution in [-0.2, 0) is 0 Å². The van der Waals surface area contributed by atoms with Crippen molar-refractivity contribution in [2.24, 2.45) is 0 Å². The Hall–Kier alpha value is -7.36. The van der Waals surface area contributed by atoms with Crippen molar-refractivity contribution in [1.82, 2.24) is 0 Å². The summed E-state index contributed by atoms with van der Waals surface area (Å²) in [4.78, 5) is 4.70. The molecule has 1 aromatic heterocycles. The Labute approximate surface area is 320 Å². The van der Waals surface area contributed by atoms with Crippen molar-refractivity contribution in [3.05, 3.63) is 218 Å². The van der Waals surface area contributed by atoms with Gasteiger partial charge in [-0.3, -0.25) is 0 Å². The van der Waals surface area contributed by atoms with Crippen molar-refractivity contribution in [3.8, 4) is 22.3 Å². The summed E-state index contributed by atoms with van der Waals surface area (Å²) in [5.74, 6) is 0. The van der Waals surface area contributed by atoms with Crippen LogP contribution in [0, 0.1) is 0 Å². The van der Waals surface area contributed by atoms with Crippen molar-refractivity contribution in [2.75, 3.05) is 9.80 Å². The van der Waals surface area contributed by atoms with Gasteiger partial charge in [0.1, 0.15) is 5.58 Å². The summed E-state index contributed by atoms with van der Waals surface area (Å²) in [7, 11) is 0. The van der Waals surface area contributed by atoms with Crippen LogP contribution in [0.2, 0.25) is 0 Å². The first kappa shape index (κ1) is 32.3. The molecule has 0 saturated heterocycles. The van der Waals surface area contributed by atoms with Crippen LogP contribution in [0.4, 0.5) is 34.1 Å². The number of rotatable bonds is 8. The van der Waals surface area contributed by atoms with Gasteiger partial charge in [0.05, 0.1) is 22.4 Å². The molecule has 9 aromatic carbocycles. The van der Waals surface area contributed by atoms with Gasteiger partial charge in [-0.05, 0) is 94.2 Å². The first-order valence-corrected chi connectivity index (χ1v) is 18.7. The van der Waals surface area contributed by atoms with E-state index in [1.807, 2.05) is 0 Å². The zero-order valence-corrected chi connectivity index (χ0v) is 30.1. The molecule has 0 bridgehead atoms. The van der Waals surface area contributed by atoms with E-state index >= 15 is 0 Å². The second-order valence-electron chi connectivity index (χ2n) is 13.7. The number of hydrogen-bond donors (Lipinski definition) is 0. The molecule has 0 spiro atoms. The van der Waals surface area contributed by atoms with Crippen molar-refractivity contribution in [2.45, 2.75) is 0 Å². The van der Waals surface area contributed by atoms with E-state index < -0.39 is 0 Å². The molecule has 0 fully saturated rings. The fourth-order valence-corrected chi connectivity index (χ4v) is 7.85. The van der Waals surface area contributed by atoms with Gasteiger partial charge in [-0.15, -0.1) is 0 Å². The van der Waals surface area contributed by atoms with Crippen LogP contribution in [0.25, 0.3) is 55.0 Å². The zero-order chi connectivity index (χ0) is 36.6. The highest BCUT2D eigenvalue weighted by molar-refractivity contribution is 6.20. The van der Waals surface area contributed by atoms with Gasteiger partial charge in [-0.25, -0.2) is 0 Å². The predicted molar refractivity (Wildman–Crippen MR) is 231 cm³/mol. The fraction of sp³-hybridized carbons (Fsp3) is 0. The number of furan rings is 1.